The Hall–Kier alpha value is -3.41. The number of nitrogens with zero attached hydrogens (tertiary/aromatic N) is 3. The van der Waals surface area contributed by atoms with E-state index in [-0.39, 0.29) is 17.3 Å². The summed E-state index contributed by atoms with van der Waals surface area (Å²) in [4.78, 5) is 40.9. The molecule has 168 valence electrons. The molecule has 1 N–H and O–H groups in total. The van der Waals surface area contributed by atoms with E-state index in [4.69, 9.17) is 0 Å². The molecule has 2 aromatic rings. The minimum Gasteiger partial charge on any atom is -0.325 e. The number of halogens is 3. The molecular weight excluding hydrogens is 449 g/mol. The first-order chi connectivity index (χ1) is 15.0. The van der Waals surface area contributed by atoms with Crippen LogP contribution in [0, 0.1) is 17.0 Å². The summed E-state index contributed by atoms with van der Waals surface area (Å²) in [5.74, 6) is -1.20. The van der Waals surface area contributed by atoms with Crippen molar-refractivity contribution in [3.63, 3.8) is 0 Å². The summed E-state index contributed by atoms with van der Waals surface area (Å²) in [6.45, 7) is 1.70. The van der Waals surface area contributed by atoms with Gasteiger partial charge < -0.3 is 5.32 Å². The van der Waals surface area contributed by atoms with E-state index < -0.39 is 39.4 Å². The van der Waals surface area contributed by atoms with Crippen molar-refractivity contribution < 1.29 is 27.7 Å². The zero-order chi connectivity index (χ0) is 23.6. The van der Waals surface area contributed by atoms with Crippen LogP contribution in [-0.4, -0.2) is 39.1 Å². The van der Waals surface area contributed by atoms with Gasteiger partial charge in [0.2, 0.25) is 11.8 Å². The number of thioether (sulfide) groups is 1. The van der Waals surface area contributed by atoms with Crippen molar-refractivity contribution in [2.24, 2.45) is 4.99 Å². The van der Waals surface area contributed by atoms with Gasteiger partial charge in [-0.25, -0.2) is 4.99 Å². The molecule has 0 aromatic heterocycles. The third-order valence-electron chi connectivity index (χ3n) is 4.64. The Kier molecular flexibility index (Phi) is 6.53. The second kappa shape index (κ2) is 8.99. The highest BCUT2D eigenvalue weighted by Gasteiger charge is 2.38. The molecule has 1 atom stereocenters. The van der Waals surface area contributed by atoms with Crippen LogP contribution < -0.4 is 5.32 Å². The standard InChI is InChI=1S/C20H17F3N4O4S/c1-11-7-8-12(27(30)31)9-15(11)25-19-26(2)18(29)16(32-19)10-17(28)24-14-6-4-3-5-13(14)20(21,22)23/h3-9,16H,10H2,1-2H3,(H,24,28). The molecule has 0 radical (unpaired) electrons. The number of carbonyl (C=O) groups excluding carboxylic acids is 2. The predicted octanol–water partition coefficient (Wildman–Crippen LogP) is 4.51. The first kappa shape index (κ1) is 23.3. The number of non-ortho nitro benzene ring substituents is 1. The van der Waals surface area contributed by atoms with Gasteiger partial charge in [-0.05, 0) is 24.6 Å². The normalized spacial score (nSPS) is 17.7. The van der Waals surface area contributed by atoms with Crippen LogP contribution in [0.25, 0.3) is 0 Å². The summed E-state index contributed by atoms with van der Waals surface area (Å²) >= 11 is 0.967. The van der Waals surface area contributed by atoms with Gasteiger partial charge in [-0.3, -0.25) is 24.6 Å². The molecule has 2 amide bonds. The lowest BCUT2D eigenvalue weighted by atomic mass is 10.1. The van der Waals surface area contributed by atoms with E-state index in [1.807, 2.05) is 0 Å². The van der Waals surface area contributed by atoms with Crippen molar-refractivity contribution in [1.82, 2.24) is 4.90 Å². The number of amides is 2. The Morgan fingerprint density at radius 2 is 1.97 bits per heavy atom. The Labute approximate surface area is 184 Å². The number of carbonyl (C=O) groups is 2. The SMILES string of the molecule is Cc1ccc([N+](=O)[O-])cc1N=C1SC(CC(=O)Nc2ccccc2C(F)(F)F)C(=O)N1C. The lowest BCUT2D eigenvalue weighted by molar-refractivity contribution is -0.384. The van der Waals surface area contributed by atoms with Crippen molar-refractivity contribution in [2.75, 3.05) is 12.4 Å². The van der Waals surface area contributed by atoms with E-state index in [1.54, 1.807) is 6.92 Å². The minimum absolute atomic E-state index is 0.161. The molecule has 1 aliphatic rings. The van der Waals surface area contributed by atoms with Crippen molar-refractivity contribution in [2.45, 2.75) is 24.8 Å². The van der Waals surface area contributed by atoms with Crippen LogP contribution in [0.1, 0.15) is 17.5 Å². The number of rotatable bonds is 5. The molecule has 0 spiro atoms. The highest BCUT2D eigenvalue weighted by molar-refractivity contribution is 8.15. The van der Waals surface area contributed by atoms with Crippen LogP contribution in [0.4, 0.5) is 30.2 Å². The lowest BCUT2D eigenvalue weighted by Gasteiger charge is -2.14. The van der Waals surface area contributed by atoms with Gasteiger partial charge >= 0.3 is 6.18 Å². The van der Waals surface area contributed by atoms with E-state index in [2.05, 4.69) is 10.3 Å². The zero-order valence-corrected chi connectivity index (χ0v) is 17.7. The monoisotopic (exact) mass is 466 g/mol. The lowest BCUT2D eigenvalue weighted by Crippen LogP contribution is -2.30. The molecule has 1 aliphatic heterocycles. The van der Waals surface area contributed by atoms with Crippen LogP contribution in [0.15, 0.2) is 47.5 Å². The van der Waals surface area contributed by atoms with E-state index in [0.717, 1.165) is 23.9 Å². The maximum absolute atomic E-state index is 13.1. The first-order valence-corrected chi connectivity index (χ1v) is 10.1. The van der Waals surface area contributed by atoms with Crippen molar-refractivity contribution >= 4 is 45.8 Å². The Morgan fingerprint density at radius 1 is 1.28 bits per heavy atom. The Bertz CT molecular complexity index is 1120. The summed E-state index contributed by atoms with van der Waals surface area (Å²) in [6.07, 6.45) is -5.01. The van der Waals surface area contributed by atoms with Crippen molar-refractivity contribution in [3.8, 4) is 0 Å². The molecule has 1 unspecified atom stereocenters. The summed E-state index contributed by atoms with van der Waals surface area (Å²) < 4.78 is 39.3. The molecule has 1 saturated heterocycles. The van der Waals surface area contributed by atoms with Crippen LogP contribution in [0.5, 0.6) is 0 Å². The Morgan fingerprint density at radius 3 is 2.62 bits per heavy atom. The fourth-order valence-corrected chi connectivity index (χ4v) is 4.09. The number of amidine groups is 1. The summed E-state index contributed by atoms with van der Waals surface area (Å²) in [6, 6.07) is 8.70. The molecule has 32 heavy (non-hydrogen) atoms. The number of nitro groups is 1. The number of nitro benzene ring substituents is 1. The number of para-hydroxylation sites is 1. The van der Waals surface area contributed by atoms with Crippen molar-refractivity contribution in [1.29, 1.82) is 0 Å². The van der Waals surface area contributed by atoms with Gasteiger partial charge in [-0.15, -0.1) is 0 Å². The van der Waals surface area contributed by atoms with E-state index in [1.165, 1.54) is 42.3 Å². The molecule has 0 saturated carbocycles. The zero-order valence-electron chi connectivity index (χ0n) is 16.8. The second-order valence-corrected chi connectivity index (χ2v) is 8.09. The van der Waals surface area contributed by atoms with Crippen LogP contribution in [0.3, 0.4) is 0 Å². The summed E-state index contributed by atoms with van der Waals surface area (Å²) in [5.41, 5.74) is -0.597. The maximum Gasteiger partial charge on any atom is 0.418 e. The largest absolute Gasteiger partial charge is 0.418 e. The average molecular weight is 466 g/mol. The third kappa shape index (κ3) is 5.07. The average Bonchev–Trinajstić information content (AvgIpc) is 2.96. The number of aryl methyl sites for hydroxylation is 1. The predicted molar refractivity (Wildman–Crippen MR) is 114 cm³/mol. The maximum atomic E-state index is 13.1. The van der Waals surface area contributed by atoms with Gasteiger partial charge in [0.05, 0.1) is 21.9 Å². The number of alkyl halides is 3. The smallest absolute Gasteiger partial charge is 0.325 e. The molecule has 2 aromatic carbocycles. The fraction of sp³-hybridized carbons (Fsp3) is 0.250. The number of aliphatic imine (C=N–C) groups is 1. The summed E-state index contributed by atoms with van der Waals surface area (Å²) in [7, 11) is 1.44. The topological polar surface area (TPSA) is 105 Å². The number of benzene rings is 2. The molecular formula is C20H17F3N4O4S. The molecule has 8 nitrogen and oxygen atoms in total. The van der Waals surface area contributed by atoms with Gasteiger partial charge in [0.1, 0.15) is 5.25 Å². The quantitative estimate of drug-likeness (QED) is 0.516. The molecule has 1 fully saturated rings. The third-order valence-corrected chi connectivity index (χ3v) is 5.87. The number of anilines is 1. The first-order valence-electron chi connectivity index (χ1n) is 9.21. The second-order valence-electron chi connectivity index (χ2n) is 6.92. The number of nitrogens with one attached hydrogen (secondary N) is 1. The van der Waals surface area contributed by atoms with Gasteiger partial charge in [0.15, 0.2) is 5.17 Å². The van der Waals surface area contributed by atoms with E-state index in [9.17, 15) is 32.9 Å². The Balaban J connectivity index is 1.76. The van der Waals surface area contributed by atoms with Crippen LogP contribution in [-0.2, 0) is 15.8 Å². The van der Waals surface area contributed by atoms with Gasteiger partial charge in [0.25, 0.3) is 5.69 Å². The van der Waals surface area contributed by atoms with Gasteiger partial charge in [0, 0.05) is 25.6 Å². The van der Waals surface area contributed by atoms with Crippen LogP contribution >= 0.6 is 11.8 Å². The molecule has 3 rings (SSSR count). The molecule has 0 aliphatic carbocycles. The fourth-order valence-electron chi connectivity index (χ4n) is 2.94. The van der Waals surface area contributed by atoms with Gasteiger partial charge in [-0.1, -0.05) is 30.0 Å². The number of hydrogen-bond acceptors (Lipinski definition) is 6. The summed E-state index contributed by atoms with van der Waals surface area (Å²) in [5, 5.41) is 12.6. The van der Waals surface area contributed by atoms with E-state index in [0.29, 0.717) is 11.3 Å². The molecule has 12 heteroatoms. The molecule has 1 heterocycles. The minimum atomic E-state index is -4.64. The highest BCUT2D eigenvalue weighted by Crippen LogP contribution is 2.36. The highest BCUT2D eigenvalue weighted by atomic mass is 32.2. The van der Waals surface area contributed by atoms with Crippen LogP contribution in [0.2, 0.25) is 0 Å². The van der Waals surface area contributed by atoms with E-state index >= 15 is 0 Å². The molecule has 0 bridgehead atoms. The van der Waals surface area contributed by atoms with Crippen molar-refractivity contribution in [3.05, 3.63) is 63.7 Å². The van der Waals surface area contributed by atoms with Gasteiger partial charge in [-0.2, -0.15) is 13.2 Å². The number of hydrogen-bond donors (Lipinski definition) is 1.